The molecular weight excluding hydrogens is 359 g/mol. The van der Waals surface area contributed by atoms with Crippen LogP contribution in [0.1, 0.15) is 0 Å². The van der Waals surface area contributed by atoms with Gasteiger partial charge in [0.05, 0.1) is 7.11 Å². The Morgan fingerprint density at radius 2 is 1.86 bits per heavy atom. The number of halogens is 3. The molecule has 2 aromatic carbocycles. The van der Waals surface area contributed by atoms with Crippen LogP contribution in [-0.4, -0.2) is 17.1 Å². The Hall–Kier alpha value is -1.72. The molecule has 3 nitrogen and oxygen atoms in total. The van der Waals surface area contributed by atoms with Gasteiger partial charge in [0.15, 0.2) is 11.6 Å². The number of ether oxygens (including phenoxy) is 1. The lowest BCUT2D eigenvalue weighted by molar-refractivity contribution is 0.415. The Balaban J connectivity index is 2.19. The maximum atomic E-state index is 14.0. The summed E-state index contributed by atoms with van der Waals surface area (Å²) in [5, 5.41) is 0.687. The highest BCUT2D eigenvalue weighted by Gasteiger charge is 2.12. The fraction of sp³-hybridized carbons (Fsp3) is 0.0667. The number of rotatable bonds is 2. The van der Waals surface area contributed by atoms with E-state index in [1.165, 1.54) is 6.07 Å². The highest BCUT2D eigenvalue weighted by Crippen LogP contribution is 2.29. The highest BCUT2D eigenvalue weighted by molar-refractivity contribution is 9.10. The van der Waals surface area contributed by atoms with E-state index in [-0.39, 0.29) is 10.7 Å². The first kappa shape index (κ1) is 14.2. The lowest BCUT2D eigenvalue weighted by Crippen LogP contribution is -1.94. The molecule has 1 aromatic heterocycles. The average Bonchev–Trinajstić information content (AvgIpc) is 2.48. The quantitative estimate of drug-likeness (QED) is 0.607. The van der Waals surface area contributed by atoms with Crippen LogP contribution in [0.15, 0.2) is 40.9 Å². The van der Waals surface area contributed by atoms with Crippen LogP contribution in [0.4, 0.5) is 4.39 Å². The van der Waals surface area contributed by atoms with Crippen LogP contribution in [-0.2, 0) is 0 Å². The second kappa shape index (κ2) is 5.58. The first-order chi connectivity index (χ1) is 10.1. The zero-order valence-corrected chi connectivity index (χ0v) is 13.2. The van der Waals surface area contributed by atoms with Crippen LogP contribution >= 0.6 is 27.5 Å². The topological polar surface area (TPSA) is 35.0 Å². The highest BCUT2D eigenvalue weighted by atomic mass is 79.9. The average molecular weight is 368 g/mol. The Kier molecular flexibility index (Phi) is 3.78. The van der Waals surface area contributed by atoms with E-state index >= 15 is 0 Å². The molecular formula is C15H9BrClFN2O. The number of methoxy groups -OCH3 is 1. The van der Waals surface area contributed by atoms with Crippen molar-refractivity contribution in [3.8, 4) is 17.1 Å². The van der Waals surface area contributed by atoms with Crippen LogP contribution in [0.25, 0.3) is 22.3 Å². The molecule has 0 radical (unpaired) electrons. The summed E-state index contributed by atoms with van der Waals surface area (Å²) in [6.07, 6.45) is 0. The number of hydrogen-bond acceptors (Lipinski definition) is 3. The Labute approximate surface area is 133 Å². The van der Waals surface area contributed by atoms with Gasteiger partial charge in [-0.2, -0.15) is 0 Å². The standard InChI is InChI=1S/C15H9BrClFN2O/c1-21-10-4-2-8(3-5-10)15-19-13-11(14(17)20-15)6-9(16)7-12(13)18/h2-7H,1H3. The van der Waals surface area contributed by atoms with Gasteiger partial charge in [0.1, 0.15) is 16.4 Å². The predicted molar refractivity (Wildman–Crippen MR) is 84.2 cm³/mol. The van der Waals surface area contributed by atoms with Crippen LogP contribution in [0, 0.1) is 5.82 Å². The molecule has 0 aliphatic heterocycles. The van der Waals surface area contributed by atoms with Crippen molar-refractivity contribution >= 4 is 38.4 Å². The van der Waals surface area contributed by atoms with Crippen molar-refractivity contribution < 1.29 is 9.13 Å². The SMILES string of the molecule is COc1ccc(-c2nc(Cl)c3cc(Br)cc(F)c3n2)cc1. The van der Waals surface area contributed by atoms with Crippen molar-refractivity contribution in [3.05, 3.63) is 51.8 Å². The van der Waals surface area contributed by atoms with Gasteiger partial charge in [0.2, 0.25) is 0 Å². The minimum absolute atomic E-state index is 0.198. The largest absolute Gasteiger partial charge is 0.497 e. The van der Waals surface area contributed by atoms with E-state index < -0.39 is 5.82 Å². The van der Waals surface area contributed by atoms with Gasteiger partial charge in [-0.05, 0) is 36.4 Å². The zero-order chi connectivity index (χ0) is 15.0. The van der Waals surface area contributed by atoms with Gasteiger partial charge in [-0.15, -0.1) is 0 Å². The van der Waals surface area contributed by atoms with Crippen LogP contribution in [0.3, 0.4) is 0 Å². The van der Waals surface area contributed by atoms with E-state index in [1.54, 1.807) is 37.4 Å². The molecule has 3 aromatic rings. The smallest absolute Gasteiger partial charge is 0.161 e. The Bertz CT molecular complexity index is 824. The van der Waals surface area contributed by atoms with Gasteiger partial charge >= 0.3 is 0 Å². The van der Waals surface area contributed by atoms with E-state index in [0.29, 0.717) is 15.7 Å². The van der Waals surface area contributed by atoms with Gasteiger partial charge in [-0.25, -0.2) is 14.4 Å². The molecule has 0 bridgehead atoms. The molecule has 0 saturated carbocycles. The molecule has 1 heterocycles. The summed E-state index contributed by atoms with van der Waals surface area (Å²) >= 11 is 9.38. The second-order valence-corrected chi connectivity index (χ2v) is 5.62. The number of fused-ring (bicyclic) bond motifs is 1. The summed E-state index contributed by atoms with van der Waals surface area (Å²) in [7, 11) is 1.59. The fourth-order valence-corrected chi connectivity index (χ4v) is 2.64. The molecule has 0 N–H and O–H groups in total. The molecule has 0 fully saturated rings. The Morgan fingerprint density at radius 3 is 2.52 bits per heavy atom. The summed E-state index contributed by atoms with van der Waals surface area (Å²) in [6, 6.07) is 10.2. The van der Waals surface area contributed by atoms with E-state index in [9.17, 15) is 4.39 Å². The van der Waals surface area contributed by atoms with Crippen molar-refractivity contribution in [1.29, 1.82) is 0 Å². The number of hydrogen-bond donors (Lipinski definition) is 0. The number of aromatic nitrogens is 2. The fourth-order valence-electron chi connectivity index (χ4n) is 1.99. The molecule has 0 aliphatic carbocycles. The summed E-state index contributed by atoms with van der Waals surface area (Å²) in [4.78, 5) is 8.51. The molecule has 0 unspecified atom stereocenters. The molecule has 0 atom stereocenters. The third-order valence-electron chi connectivity index (χ3n) is 3.02. The summed E-state index contributed by atoms with van der Waals surface area (Å²) in [6.45, 7) is 0. The van der Waals surface area contributed by atoms with Crippen molar-refractivity contribution in [2.75, 3.05) is 7.11 Å². The zero-order valence-electron chi connectivity index (χ0n) is 10.9. The molecule has 106 valence electrons. The van der Waals surface area contributed by atoms with Gasteiger partial charge < -0.3 is 4.74 Å². The van der Waals surface area contributed by atoms with Crippen LogP contribution in [0.2, 0.25) is 5.15 Å². The number of nitrogens with zero attached hydrogens (tertiary/aromatic N) is 2. The van der Waals surface area contributed by atoms with Gasteiger partial charge in [0.25, 0.3) is 0 Å². The molecule has 0 saturated heterocycles. The molecule has 3 rings (SSSR count). The van der Waals surface area contributed by atoms with Crippen molar-refractivity contribution in [3.63, 3.8) is 0 Å². The van der Waals surface area contributed by atoms with E-state index in [2.05, 4.69) is 25.9 Å². The second-order valence-electron chi connectivity index (χ2n) is 4.35. The van der Waals surface area contributed by atoms with E-state index in [1.807, 2.05) is 0 Å². The molecule has 0 spiro atoms. The van der Waals surface area contributed by atoms with Crippen molar-refractivity contribution in [2.24, 2.45) is 0 Å². The van der Waals surface area contributed by atoms with Gasteiger partial charge in [0, 0.05) is 15.4 Å². The molecule has 0 aliphatic rings. The van der Waals surface area contributed by atoms with Gasteiger partial charge in [-0.1, -0.05) is 27.5 Å². The molecule has 21 heavy (non-hydrogen) atoms. The van der Waals surface area contributed by atoms with Crippen LogP contribution < -0.4 is 4.74 Å². The predicted octanol–water partition coefficient (Wildman–Crippen LogP) is 4.86. The van der Waals surface area contributed by atoms with Crippen molar-refractivity contribution in [2.45, 2.75) is 0 Å². The lowest BCUT2D eigenvalue weighted by atomic mass is 10.2. The van der Waals surface area contributed by atoms with Crippen LogP contribution in [0.5, 0.6) is 5.75 Å². The molecule has 6 heteroatoms. The lowest BCUT2D eigenvalue weighted by Gasteiger charge is -2.07. The third kappa shape index (κ3) is 2.71. The monoisotopic (exact) mass is 366 g/mol. The minimum atomic E-state index is -0.446. The van der Waals surface area contributed by atoms with E-state index in [0.717, 1.165) is 11.3 Å². The first-order valence-corrected chi connectivity index (χ1v) is 7.22. The summed E-state index contributed by atoms with van der Waals surface area (Å²) in [5.41, 5.74) is 0.936. The maximum Gasteiger partial charge on any atom is 0.161 e. The normalized spacial score (nSPS) is 10.9. The van der Waals surface area contributed by atoms with Gasteiger partial charge in [-0.3, -0.25) is 0 Å². The third-order valence-corrected chi connectivity index (χ3v) is 3.77. The first-order valence-electron chi connectivity index (χ1n) is 6.05. The Morgan fingerprint density at radius 1 is 1.14 bits per heavy atom. The summed E-state index contributed by atoms with van der Waals surface area (Å²) < 4.78 is 19.7. The maximum absolute atomic E-state index is 14.0. The minimum Gasteiger partial charge on any atom is -0.497 e. The summed E-state index contributed by atoms with van der Waals surface area (Å²) in [5.74, 6) is 0.649. The number of benzene rings is 2. The van der Waals surface area contributed by atoms with Crippen molar-refractivity contribution in [1.82, 2.24) is 9.97 Å². The van der Waals surface area contributed by atoms with E-state index in [4.69, 9.17) is 16.3 Å². The molecule has 0 amide bonds.